The Labute approximate surface area is 184 Å². The Morgan fingerprint density at radius 3 is 2.41 bits per heavy atom. The van der Waals surface area contributed by atoms with Crippen LogP contribution in [0.4, 0.5) is 0 Å². The SMILES string of the molecule is CCOc1cc(/C=C(\C#N)c2ccccc2)c(Br)cc1OCc1ccccc1Cl. The van der Waals surface area contributed by atoms with E-state index in [1.165, 1.54) is 0 Å². The van der Waals surface area contributed by atoms with Gasteiger partial charge in [0.15, 0.2) is 11.5 Å². The quantitative estimate of drug-likeness (QED) is 0.273. The fourth-order valence-corrected chi connectivity index (χ4v) is 3.39. The van der Waals surface area contributed by atoms with Crippen molar-refractivity contribution in [3.63, 3.8) is 0 Å². The summed E-state index contributed by atoms with van der Waals surface area (Å²) in [7, 11) is 0. The fourth-order valence-electron chi connectivity index (χ4n) is 2.77. The number of halogens is 2. The smallest absolute Gasteiger partial charge is 0.162 e. The number of hydrogen-bond donors (Lipinski definition) is 0. The van der Waals surface area contributed by atoms with Gasteiger partial charge in [0.1, 0.15) is 6.61 Å². The lowest BCUT2D eigenvalue weighted by molar-refractivity contribution is 0.269. The average molecular weight is 469 g/mol. The van der Waals surface area contributed by atoms with Gasteiger partial charge in [-0.15, -0.1) is 0 Å². The van der Waals surface area contributed by atoms with Crippen LogP contribution in [0.25, 0.3) is 11.6 Å². The predicted octanol–water partition coefficient (Wildman–Crippen LogP) is 7.14. The molecule has 0 fully saturated rings. The molecule has 0 amide bonds. The van der Waals surface area contributed by atoms with Crippen molar-refractivity contribution in [1.82, 2.24) is 0 Å². The predicted molar refractivity (Wildman–Crippen MR) is 121 cm³/mol. The number of nitrogens with zero attached hydrogens (tertiary/aromatic N) is 1. The number of rotatable bonds is 7. The van der Waals surface area contributed by atoms with Crippen molar-refractivity contribution in [3.8, 4) is 17.6 Å². The zero-order valence-electron chi connectivity index (χ0n) is 15.9. The molecular formula is C24H19BrClNO2. The second-order valence-corrected chi connectivity index (χ2v) is 7.43. The van der Waals surface area contributed by atoms with Crippen molar-refractivity contribution in [2.24, 2.45) is 0 Å². The van der Waals surface area contributed by atoms with Crippen LogP contribution < -0.4 is 9.47 Å². The van der Waals surface area contributed by atoms with E-state index in [0.717, 1.165) is 21.2 Å². The Morgan fingerprint density at radius 1 is 1.03 bits per heavy atom. The molecule has 3 aromatic rings. The van der Waals surface area contributed by atoms with Gasteiger partial charge in [0.05, 0.1) is 18.2 Å². The molecule has 3 aromatic carbocycles. The standard InChI is InChI=1S/C24H19BrClNO2/c1-2-28-23-13-19(12-20(15-27)17-8-4-3-5-9-17)21(25)14-24(23)29-16-18-10-6-7-11-22(18)26/h3-14H,2,16H2,1H3/b20-12+. The third kappa shape index (κ3) is 5.41. The number of benzene rings is 3. The Kier molecular flexibility index (Phi) is 7.35. The van der Waals surface area contributed by atoms with Gasteiger partial charge < -0.3 is 9.47 Å². The van der Waals surface area contributed by atoms with Crippen LogP contribution in [0, 0.1) is 11.3 Å². The van der Waals surface area contributed by atoms with Crippen molar-refractivity contribution in [2.45, 2.75) is 13.5 Å². The number of ether oxygens (including phenoxy) is 2. The van der Waals surface area contributed by atoms with Gasteiger partial charge in [-0.2, -0.15) is 5.26 Å². The van der Waals surface area contributed by atoms with Crippen LogP contribution in [-0.4, -0.2) is 6.61 Å². The molecule has 0 aliphatic heterocycles. The largest absolute Gasteiger partial charge is 0.490 e. The first kappa shape index (κ1) is 21.0. The van der Waals surface area contributed by atoms with Crippen molar-refractivity contribution in [3.05, 3.63) is 92.9 Å². The molecule has 0 atom stereocenters. The summed E-state index contributed by atoms with van der Waals surface area (Å²) in [6.45, 7) is 2.74. The van der Waals surface area contributed by atoms with Crippen LogP contribution in [0.5, 0.6) is 11.5 Å². The lowest BCUT2D eigenvalue weighted by atomic mass is 10.0. The first-order valence-electron chi connectivity index (χ1n) is 9.12. The summed E-state index contributed by atoms with van der Waals surface area (Å²) in [5, 5.41) is 10.3. The van der Waals surface area contributed by atoms with Crippen molar-refractivity contribution < 1.29 is 9.47 Å². The van der Waals surface area contributed by atoms with Crippen LogP contribution in [0.15, 0.2) is 71.2 Å². The van der Waals surface area contributed by atoms with E-state index in [1.807, 2.05) is 79.7 Å². The molecule has 0 bridgehead atoms. The minimum Gasteiger partial charge on any atom is -0.490 e. The fraction of sp³-hybridized carbons (Fsp3) is 0.125. The summed E-state index contributed by atoms with van der Waals surface area (Å²) in [6, 6.07) is 23.1. The molecule has 3 nitrogen and oxygen atoms in total. The van der Waals surface area contributed by atoms with Gasteiger partial charge in [-0.25, -0.2) is 0 Å². The molecule has 0 heterocycles. The molecule has 0 saturated carbocycles. The lowest BCUT2D eigenvalue weighted by Gasteiger charge is -2.15. The van der Waals surface area contributed by atoms with E-state index in [-0.39, 0.29) is 0 Å². The van der Waals surface area contributed by atoms with E-state index < -0.39 is 0 Å². The molecule has 0 N–H and O–H groups in total. The Bertz CT molecular complexity index is 1060. The minimum atomic E-state index is 0.328. The van der Waals surface area contributed by atoms with Gasteiger partial charge >= 0.3 is 0 Å². The molecule has 0 aliphatic rings. The molecular weight excluding hydrogens is 450 g/mol. The van der Waals surface area contributed by atoms with E-state index in [4.69, 9.17) is 21.1 Å². The van der Waals surface area contributed by atoms with Crippen LogP contribution in [0.2, 0.25) is 5.02 Å². The second kappa shape index (κ2) is 10.2. The van der Waals surface area contributed by atoms with Crippen molar-refractivity contribution >= 4 is 39.2 Å². The highest BCUT2D eigenvalue weighted by molar-refractivity contribution is 9.10. The maximum Gasteiger partial charge on any atom is 0.162 e. The van der Waals surface area contributed by atoms with Crippen LogP contribution >= 0.6 is 27.5 Å². The van der Waals surface area contributed by atoms with Gasteiger partial charge in [0.25, 0.3) is 0 Å². The molecule has 0 aromatic heterocycles. The first-order valence-corrected chi connectivity index (χ1v) is 10.3. The highest BCUT2D eigenvalue weighted by Gasteiger charge is 2.12. The molecule has 29 heavy (non-hydrogen) atoms. The summed E-state index contributed by atoms with van der Waals surface area (Å²) in [6.07, 6.45) is 1.83. The summed E-state index contributed by atoms with van der Waals surface area (Å²) < 4.78 is 12.6. The lowest BCUT2D eigenvalue weighted by Crippen LogP contribution is -2.01. The van der Waals surface area contributed by atoms with Crippen molar-refractivity contribution in [2.75, 3.05) is 6.61 Å². The molecule has 0 unspecified atom stereocenters. The highest BCUT2D eigenvalue weighted by atomic mass is 79.9. The Balaban J connectivity index is 1.93. The normalized spacial score (nSPS) is 11.0. The molecule has 0 radical (unpaired) electrons. The maximum atomic E-state index is 9.59. The van der Waals surface area contributed by atoms with Gasteiger partial charge in [-0.05, 0) is 42.3 Å². The maximum absolute atomic E-state index is 9.59. The second-order valence-electron chi connectivity index (χ2n) is 6.17. The number of nitriles is 1. The Morgan fingerprint density at radius 2 is 1.72 bits per heavy atom. The topological polar surface area (TPSA) is 42.2 Å². The van der Waals surface area contributed by atoms with Gasteiger partial charge in [0, 0.05) is 15.1 Å². The zero-order valence-corrected chi connectivity index (χ0v) is 18.2. The van der Waals surface area contributed by atoms with Crippen molar-refractivity contribution in [1.29, 1.82) is 5.26 Å². The van der Waals surface area contributed by atoms with Gasteiger partial charge in [0.2, 0.25) is 0 Å². The third-order valence-corrected chi connectivity index (χ3v) is 5.26. The molecule has 0 aliphatic carbocycles. The summed E-state index contributed by atoms with van der Waals surface area (Å²) in [4.78, 5) is 0. The molecule has 0 saturated heterocycles. The third-order valence-electron chi connectivity index (χ3n) is 4.21. The van der Waals surface area contributed by atoms with E-state index in [2.05, 4.69) is 22.0 Å². The summed E-state index contributed by atoms with van der Waals surface area (Å²) in [5.41, 5.74) is 3.16. The first-order chi connectivity index (χ1) is 14.1. The highest BCUT2D eigenvalue weighted by Crippen LogP contribution is 2.36. The van der Waals surface area contributed by atoms with E-state index in [9.17, 15) is 5.26 Å². The average Bonchev–Trinajstić information content (AvgIpc) is 2.74. The zero-order chi connectivity index (χ0) is 20.6. The number of allylic oxidation sites excluding steroid dienone is 1. The van der Waals surface area contributed by atoms with Crippen LogP contribution in [-0.2, 0) is 6.61 Å². The summed E-state index contributed by atoms with van der Waals surface area (Å²) >= 11 is 9.81. The molecule has 146 valence electrons. The monoisotopic (exact) mass is 467 g/mol. The van der Waals surface area contributed by atoms with Crippen LogP contribution in [0.3, 0.4) is 0 Å². The van der Waals surface area contributed by atoms with Gasteiger partial charge in [-0.3, -0.25) is 0 Å². The van der Waals surface area contributed by atoms with Crippen LogP contribution in [0.1, 0.15) is 23.6 Å². The van der Waals surface area contributed by atoms with E-state index in [1.54, 1.807) is 0 Å². The van der Waals surface area contributed by atoms with E-state index >= 15 is 0 Å². The molecule has 0 spiro atoms. The van der Waals surface area contributed by atoms with E-state index in [0.29, 0.717) is 35.3 Å². The number of hydrogen-bond acceptors (Lipinski definition) is 3. The summed E-state index contributed by atoms with van der Waals surface area (Å²) in [5.74, 6) is 1.22. The molecule has 3 rings (SSSR count). The Hall–Kier alpha value is -2.74. The minimum absolute atomic E-state index is 0.328. The molecule has 5 heteroatoms. The van der Waals surface area contributed by atoms with Gasteiger partial charge in [-0.1, -0.05) is 76.1 Å².